The molecule has 1 N–H and O–H groups in total. The first-order chi connectivity index (χ1) is 17.3. The number of likely N-dealkylation sites (tertiary alicyclic amines) is 1. The molecule has 0 aromatic heterocycles. The van der Waals surface area contributed by atoms with Crippen LogP contribution in [-0.2, 0) is 9.53 Å². The summed E-state index contributed by atoms with van der Waals surface area (Å²) >= 11 is 6.24. The summed E-state index contributed by atoms with van der Waals surface area (Å²) in [5.41, 5.74) is -0.0924. The number of nitrogens with zero attached hydrogens (tertiary/aromatic N) is 2. The highest BCUT2D eigenvalue weighted by Gasteiger charge is 2.54. The second-order valence-corrected chi connectivity index (χ2v) is 9.99. The number of methoxy groups -OCH3 is 1. The minimum atomic E-state index is -0.978. The third-order valence-electron chi connectivity index (χ3n) is 6.74. The summed E-state index contributed by atoms with van der Waals surface area (Å²) in [6.07, 6.45) is 0.776. The van der Waals surface area contributed by atoms with Crippen molar-refractivity contribution in [1.29, 1.82) is 0 Å². The van der Waals surface area contributed by atoms with Crippen LogP contribution in [0.3, 0.4) is 0 Å². The second kappa shape index (κ2) is 10.9. The molecule has 4 rings (SSSR count). The van der Waals surface area contributed by atoms with Crippen molar-refractivity contribution in [3.63, 3.8) is 0 Å². The van der Waals surface area contributed by atoms with E-state index in [1.54, 1.807) is 65.4 Å². The van der Waals surface area contributed by atoms with Gasteiger partial charge >= 0.3 is 0 Å². The lowest BCUT2D eigenvalue weighted by Gasteiger charge is -2.44. The van der Waals surface area contributed by atoms with E-state index < -0.39 is 11.8 Å². The molecule has 0 aliphatic carbocycles. The Labute approximate surface area is 216 Å². The summed E-state index contributed by atoms with van der Waals surface area (Å²) in [6, 6.07) is 13.0. The van der Waals surface area contributed by atoms with Crippen LogP contribution in [0.1, 0.15) is 47.4 Å². The first-order valence-corrected chi connectivity index (χ1v) is 12.6. The van der Waals surface area contributed by atoms with Gasteiger partial charge in [-0.3, -0.25) is 19.3 Å². The number of halogens is 1. The molecule has 2 aliphatic heterocycles. The number of hydrogen-bond acceptors (Lipinski definition) is 5. The zero-order chi connectivity index (χ0) is 25.9. The van der Waals surface area contributed by atoms with E-state index in [0.29, 0.717) is 54.4 Å². The summed E-state index contributed by atoms with van der Waals surface area (Å²) in [7, 11) is 1.56. The Morgan fingerprint density at radius 3 is 2.36 bits per heavy atom. The van der Waals surface area contributed by atoms with Crippen LogP contribution in [0.4, 0.5) is 0 Å². The Kier molecular flexibility index (Phi) is 7.85. The van der Waals surface area contributed by atoms with Crippen LogP contribution >= 0.6 is 11.6 Å². The fraction of sp³-hybridized carbons (Fsp3) is 0.444. The molecule has 36 heavy (non-hydrogen) atoms. The number of benzene rings is 2. The lowest BCUT2D eigenvalue weighted by molar-refractivity contribution is -0.128. The van der Waals surface area contributed by atoms with E-state index >= 15 is 0 Å². The Balaban J connectivity index is 1.57. The molecular weight excluding hydrogens is 482 g/mol. The molecule has 1 unspecified atom stereocenters. The third-order valence-corrected chi connectivity index (χ3v) is 7.07. The molecule has 2 aliphatic rings. The van der Waals surface area contributed by atoms with Crippen molar-refractivity contribution in [3.05, 3.63) is 64.7 Å². The van der Waals surface area contributed by atoms with Crippen LogP contribution in [0.2, 0.25) is 5.02 Å². The van der Waals surface area contributed by atoms with Gasteiger partial charge in [-0.1, -0.05) is 37.6 Å². The number of hydrogen-bond donors (Lipinski definition) is 1. The smallest absolute Gasteiger partial charge is 0.256 e. The van der Waals surface area contributed by atoms with Gasteiger partial charge in [-0.05, 0) is 42.3 Å². The Hall–Kier alpha value is -3.10. The molecule has 1 atom stereocenters. The maximum absolute atomic E-state index is 13.8. The molecule has 0 bridgehead atoms. The average molecular weight is 514 g/mol. The minimum Gasteiger partial charge on any atom is -0.497 e. The van der Waals surface area contributed by atoms with Crippen molar-refractivity contribution in [2.24, 2.45) is 5.92 Å². The molecule has 0 radical (unpaired) electrons. The highest BCUT2D eigenvalue weighted by atomic mass is 35.5. The van der Waals surface area contributed by atoms with Gasteiger partial charge in [0.05, 0.1) is 24.3 Å². The Morgan fingerprint density at radius 2 is 1.75 bits per heavy atom. The Morgan fingerprint density at radius 1 is 1.08 bits per heavy atom. The van der Waals surface area contributed by atoms with Crippen LogP contribution in [0.25, 0.3) is 0 Å². The number of carbonyl (C=O) groups is 3. The molecule has 192 valence electrons. The predicted molar refractivity (Wildman–Crippen MR) is 136 cm³/mol. The molecule has 0 saturated carbocycles. The number of ether oxygens (including phenoxy) is 2. The van der Waals surface area contributed by atoms with Gasteiger partial charge in [0.1, 0.15) is 17.5 Å². The highest BCUT2D eigenvalue weighted by Crippen LogP contribution is 2.39. The van der Waals surface area contributed by atoms with Gasteiger partial charge in [-0.25, -0.2) is 0 Å². The summed E-state index contributed by atoms with van der Waals surface area (Å²) in [4.78, 5) is 43.3. The van der Waals surface area contributed by atoms with E-state index in [2.05, 4.69) is 5.32 Å². The maximum Gasteiger partial charge on any atom is 0.256 e. The lowest BCUT2D eigenvalue weighted by atomic mass is 9.96. The summed E-state index contributed by atoms with van der Waals surface area (Å²) in [5.74, 6) is 0.224. The normalized spacial score (nSPS) is 19.0. The van der Waals surface area contributed by atoms with Gasteiger partial charge in [0, 0.05) is 38.0 Å². The standard InChI is InChI=1S/C27H32ClN3O5/c1-18(2)16-29-24(32)23-17-36-27(31(23)25(33)19-8-10-20(35-3)11-9-19)12-14-30(15-13-27)26(34)21-6-4-5-7-22(21)28/h4-11,18,23H,12-17H2,1-3H3,(H,29,32). The van der Waals surface area contributed by atoms with Gasteiger partial charge in [0.2, 0.25) is 5.91 Å². The van der Waals surface area contributed by atoms with Gasteiger partial charge in [-0.15, -0.1) is 0 Å². The van der Waals surface area contributed by atoms with Crippen LogP contribution in [-0.4, -0.2) is 72.6 Å². The molecule has 2 fully saturated rings. The lowest BCUT2D eigenvalue weighted by Crippen LogP contribution is -2.60. The molecule has 1 spiro atoms. The SMILES string of the molecule is COc1ccc(C(=O)N2C(C(=O)NCC(C)C)COC23CCN(C(=O)c2ccccc2Cl)CC3)cc1. The van der Waals surface area contributed by atoms with Gasteiger partial charge < -0.3 is 19.7 Å². The van der Waals surface area contributed by atoms with Crippen LogP contribution in [0, 0.1) is 5.92 Å². The largest absolute Gasteiger partial charge is 0.497 e. The fourth-order valence-corrected chi connectivity index (χ4v) is 4.94. The van der Waals surface area contributed by atoms with E-state index in [0.717, 1.165) is 0 Å². The highest BCUT2D eigenvalue weighted by molar-refractivity contribution is 6.33. The molecule has 2 aromatic carbocycles. The van der Waals surface area contributed by atoms with Gasteiger partial charge in [0.25, 0.3) is 11.8 Å². The molecule has 2 saturated heterocycles. The first kappa shape index (κ1) is 26.0. The second-order valence-electron chi connectivity index (χ2n) is 9.59. The van der Waals surface area contributed by atoms with Crippen molar-refractivity contribution in [3.8, 4) is 5.75 Å². The molecule has 8 nitrogen and oxygen atoms in total. The monoisotopic (exact) mass is 513 g/mol. The van der Waals surface area contributed by atoms with E-state index in [4.69, 9.17) is 21.1 Å². The van der Waals surface area contributed by atoms with E-state index in [9.17, 15) is 14.4 Å². The fourth-order valence-electron chi connectivity index (χ4n) is 4.73. The van der Waals surface area contributed by atoms with E-state index in [-0.39, 0.29) is 30.2 Å². The van der Waals surface area contributed by atoms with Gasteiger partial charge in [-0.2, -0.15) is 0 Å². The molecular formula is C27H32ClN3O5. The van der Waals surface area contributed by atoms with Crippen molar-refractivity contribution in [2.75, 3.05) is 33.4 Å². The van der Waals surface area contributed by atoms with E-state index in [1.165, 1.54) is 0 Å². The molecule has 2 heterocycles. The molecule has 3 amide bonds. The van der Waals surface area contributed by atoms with Crippen LogP contribution < -0.4 is 10.1 Å². The van der Waals surface area contributed by atoms with Crippen LogP contribution in [0.15, 0.2) is 48.5 Å². The topological polar surface area (TPSA) is 88.2 Å². The zero-order valence-electron chi connectivity index (χ0n) is 20.8. The Bertz CT molecular complexity index is 1110. The van der Waals surface area contributed by atoms with Crippen molar-refractivity contribution in [2.45, 2.75) is 38.5 Å². The number of piperidine rings is 1. The predicted octanol–water partition coefficient (Wildman–Crippen LogP) is 3.59. The molecule has 9 heteroatoms. The zero-order valence-corrected chi connectivity index (χ0v) is 21.6. The minimum absolute atomic E-state index is 0.101. The van der Waals surface area contributed by atoms with E-state index in [1.807, 2.05) is 13.8 Å². The van der Waals surface area contributed by atoms with Crippen molar-refractivity contribution < 1.29 is 23.9 Å². The number of nitrogens with one attached hydrogen (secondary N) is 1. The average Bonchev–Trinajstić information content (AvgIpc) is 3.25. The van der Waals surface area contributed by atoms with Crippen molar-refractivity contribution >= 4 is 29.3 Å². The van der Waals surface area contributed by atoms with Crippen LogP contribution in [0.5, 0.6) is 5.75 Å². The number of rotatable bonds is 6. The van der Waals surface area contributed by atoms with Gasteiger partial charge in [0.15, 0.2) is 0 Å². The van der Waals surface area contributed by atoms with Crippen molar-refractivity contribution in [1.82, 2.24) is 15.1 Å². The summed E-state index contributed by atoms with van der Waals surface area (Å²) in [6.45, 7) is 5.38. The third kappa shape index (κ3) is 5.20. The first-order valence-electron chi connectivity index (χ1n) is 12.2. The molecule has 2 aromatic rings. The number of amides is 3. The quantitative estimate of drug-likeness (QED) is 0.637. The summed E-state index contributed by atoms with van der Waals surface area (Å²) in [5, 5.41) is 3.34. The maximum atomic E-state index is 13.8. The number of carbonyl (C=O) groups excluding carboxylic acids is 3. The summed E-state index contributed by atoms with van der Waals surface area (Å²) < 4.78 is 11.5.